The van der Waals surface area contributed by atoms with Crippen LogP contribution in [0.15, 0.2) is 41.5 Å². The number of aromatic nitrogens is 1. The van der Waals surface area contributed by atoms with Crippen molar-refractivity contribution in [3.8, 4) is 16.3 Å². The van der Waals surface area contributed by atoms with Crippen LogP contribution in [0, 0.1) is 13.8 Å². The van der Waals surface area contributed by atoms with E-state index in [1.807, 2.05) is 50.2 Å². The maximum absolute atomic E-state index is 12.9. The molecular formula is C25H28ClN3O2S. The average molecular weight is 470 g/mol. The van der Waals surface area contributed by atoms with Gasteiger partial charge in [0.1, 0.15) is 15.6 Å². The predicted molar refractivity (Wildman–Crippen MR) is 133 cm³/mol. The highest BCUT2D eigenvalue weighted by Gasteiger charge is 2.18. The van der Waals surface area contributed by atoms with Crippen LogP contribution in [0.25, 0.3) is 10.6 Å². The Hall–Kier alpha value is -2.70. The molecule has 1 aromatic heterocycles. The molecule has 3 rings (SSSR count). The third-order valence-corrected chi connectivity index (χ3v) is 6.55. The first-order chi connectivity index (χ1) is 15.4. The fourth-order valence-electron chi connectivity index (χ4n) is 3.41. The van der Waals surface area contributed by atoms with E-state index in [1.165, 1.54) is 17.8 Å². The summed E-state index contributed by atoms with van der Waals surface area (Å²) in [7, 11) is 0. The number of unbranched alkanes of at least 4 members (excludes halogenated alkanes) is 3. The van der Waals surface area contributed by atoms with Gasteiger partial charge in [-0.25, -0.2) is 10.4 Å². The fraction of sp³-hybridized carbons (Fsp3) is 0.320. The number of hydrogen-bond acceptors (Lipinski definition) is 5. The lowest BCUT2D eigenvalue weighted by molar-refractivity contribution is 0.0958. The summed E-state index contributed by atoms with van der Waals surface area (Å²) in [4.78, 5) is 18.3. The number of aromatic hydroxyl groups is 1. The molecule has 0 saturated carbocycles. The number of carbonyl (C=O) groups is 1. The summed E-state index contributed by atoms with van der Waals surface area (Å²) in [6.45, 7) is 5.84. The van der Waals surface area contributed by atoms with Crippen molar-refractivity contribution in [2.75, 3.05) is 0 Å². The maximum Gasteiger partial charge on any atom is 0.283 e. The zero-order chi connectivity index (χ0) is 23.1. The van der Waals surface area contributed by atoms with Crippen LogP contribution in [0.1, 0.15) is 64.7 Å². The molecule has 0 unspecified atom stereocenters. The fourth-order valence-corrected chi connectivity index (χ4v) is 4.55. The summed E-state index contributed by atoms with van der Waals surface area (Å²) in [6, 6.07) is 11.1. The molecule has 0 saturated heterocycles. The minimum Gasteiger partial charge on any atom is -0.507 e. The van der Waals surface area contributed by atoms with Gasteiger partial charge in [0.15, 0.2) is 0 Å². The number of phenolic OH excluding ortho intramolecular Hbond substituents is 1. The first kappa shape index (κ1) is 24.0. The number of phenols is 1. The number of carbonyl (C=O) groups excluding carboxylic acids is 1. The molecule has 0 spiro atoms. The molecule has 0 fully saturated rings. The molecule has 0 aliphatic carbocycles. The van der Waals surface area contributed by atoms with Crippen LogP contribution in [0.5, 0.6) is 5.75 Å². The standard InChI is InChI=1S/C25H28ClN3O2S/c1-4-5-6-7-8-21-23(32-25(28-21)19-9-11-20(26)12-10-19)24(31)29-27-15-18-13-16(2)22(30)17(3)14-18/h9-15,30H,4-8H2,1-3H3,(H,29,31)/b27-15+. The Balaban J connectivity index is 1.78. The Morgan fingerprint density at radius 3 is 2.50 bits per heavy atom. The number of amides is 1. The van der Waals surface area contributed by atoms with Crippen LogP contribution >= 0.6 is 22.9 Å². The number of rotatable bonds is 9. The van der Waals surface area contributed by atoms with E-state index in [4.69, 9.17) is 16.6 Å². The maximum atomic E-state index is 12.9. The van der Waals surface area contributed by atoms with E-state index in [2.05, 4.69) is 17.5 Å². The topological polar surface area (TPSA) is 74.6 Å². The molecule has 0 atom stereocenters. The zero-order valence-corrected chi connectivity index (χ0v) is 20.2. The van der Waals surface area contributed by atoms with Crippen molar-refractivity contribution in [2.24, 2.45) is 5.10 Å². The summed E-state index contributed by atoms with van der Waals surface area (Å²) < 4.78 is 0. The van der Waals surface area contributed by atoms with Crippen LogP contribution < -0.4 is 5.43 Å². The third kappa shape index (κ3) is 6.17. The van der Waals surface area contributed by atoms with Crippen molar-refractivity contribution in [1.82, 2.24) is 10.4 Å². The number of aryl methyl sites for hydroxylation is 3. The quantitative estimate of drug-likeness (QED) is 0.208. The minimum absolute atomic E-state index is 0.267. The van der Waals surface area contributed by atoms with Crippen LogP contribution in [-0.4, -0.2) is 22.2 Å². The van der Waals surface area contributed by atoms with Crippen LogP contribution in [0.2, 0.25) is 5.02 Å². The SMILES string of the molecule is CCCCCCc1nc(-c2ccc(Cl)cc2)sc1C(=O)N/N=C/c1cc(C)c(O)c(C)c1. The number of hydrogen-bond donors (Lipinski definition) is 2. The predicted octanol–water partition coefficient (Wildman–Crippen LogP) is 6.67. The Morgan fingerprint density at radius 1 is 1.16 bits per heavy atom. The zero-order valence-electron chi connectivity index (χ0n) is 18.6. The number of nitrogens with zero attached hydrogens (tertiary/aromatic N) is 2. The Kier molecular flexibility index (Phi) is 8.42. The number of nitrogens with one attached hydrogen (secondary N) is 1. The van der Waals surface area contributed by atoms with Gasteiger partial charge in [0, 0.05) is 10.6 Å². The molecule has 7 heteroatoms. The second-order valence-electron chi connectivity index (χ2n) is 7.81. The van der Waals surface area contributed by atoms with Gasteiger partial charge in [0.05, 0.1) is 11.9 Å². The molecule has 2 N–H and O–H groups in total. The second-order valence-corrected chi connectivity index (χ2v) is 9.25. The van der Waals surface area contributed by atoms with Crippen molar-refractivity contribution in [1.29, 1.82) is 0 Å². The smallest absolute Gasteiger partial charge is 0.283 e. The van der Waals surface area contributed by atoms with Gasteiger partial charge in [-0.05, 0) is 67.6 Å². The lowest BCUT2D eigenvalue weighted by Crippen LogP contribution is -2.18. The van der Waals surface area contributed by atoms with E-state index in [0.29, 0.717) is 9.90 Å². The Morgan fingerprint density at radius 2 is 1.84 bits per heavy atom. The lowest BCUT2D eigenvalue weighted by Gasteiger charge is -2.04. The van der Waals surface area contributed by atoms with Gasteiger partial charge < -0.3 is 5.11 Å². The first-order valence-electron chi connectivity index (χ1n) is 10.8. The highest BCUT2D eigenvalue weighted by atomic mass is 35.5. The van der Waals surface area contributed by atoms with Gasteiger partial charge in [-0.1, -0.05) is 49.9 Å². The van der Waals surface area contributed by atoms with E-state index < -0.39 is 0 Å². The summed E-state index contributed by atoms with van der Waals surface area (Å²) in [5, 5.41) is 15.5. The number of thiazole rings is 1. The molecule has 0 radical (unpaired) electrons. The largest absolute Gasteiger partial charge is 0.507 e. The highest BCUT2D eigenvalue weighted by Crippen LogP contribution is 2.30. The first-order valence-corrected chi connectivity index (χ1v) is 12.0. The monoisotopic (exact) mass is 469 g/mol. The van der Waals surface area contributed by atoms with Gasteiger partial charge in [0.25, 0.3) is 5.91 Å². The van der Waals surface area contributed by atoms with E-state index in [0.717, 1.165) is 58.6 Å². The number of hydrazone groups is 1. The summed E-state index contributed by atoms with van der Waals surface area (Å²) >= 11 is 7.38. The molecule has 1 heterocycles. The van der Waals surface area contributed by atoms with Gasteiger partial charge in [-0.15, -0.1) is 11.3 Å². The molecular weight excluding hydrogens is 442 g/mol. The van der Waals surface area contributed by atoms with Crippen molar-refractivity contribution >= 4 is 35.1 Å². The summed E-state index contributed by atoms with van der Waals surface area (Å²) in [6.07, 6.45) is 6.78. The van der Waals surface area contributed by atoms with Crippen LogP contribution in [0.4, 0.5) is 0 Å². The second kappa shape index (κ2) is 11.2. The van der Waals surface area contributed by atoms with Gasteiger partial charge in [-0.3, -0.25) is 4.79 Å². The molecule has 168 valence electrons. The van der Waals surface area contributed by atoms with Gasteiger partial charge in [0.2, 0.25) is 0 Å². The van der Waals surface area contributed by atoms with Gasteiger partial charge >= 0.3 is 0 Å². The minimum atomic E-state index is -0.267. The Labute approximate surface area is 198 Å². The summed E-state index contributed by atoms with van der Waals surface area (Å²) in [5.41, 5.74) is 6.72. The molecule has 0 aliphatic rings. The molecule has 2 aromatic carbocycles. The molecule has 5 nitrogen and oxygen atoms in total. The molecule has 32 heavy (non-hydrogen) atoms. The van der Waals surface area contributed by atoms with Crippen LogP contribution in [-0.2, 0) is 6.42 Å². The van der Waals surface area contributed by atoms with Crippen molar-refractivity contribution < 1.29 is 9.90 Å². The third-order valence-electron chi connectivity index (χ3n) is 5.15. The number of halogens is 1. The van der Waals surface area contributed by atoms with E-state index in [-0.39, 0.29) is 11.7 Å². The van der Waals surface area contributed by atoms with Crippen LogP contribution in [0.3, 0.4) is 0 Å². The van der Waals surface area contributed by atoms with E-state index >= 15 is 0 Å². The number of benzene rings is 2. The van der Waals surface area contributed by atoms with E-state index in [1.54, 1.807) is 6.21 Å². The molecule has 1 amide bonds. The van der Waals surface area contributed by atoms with Crippen molar-refractivity contribution in [3.05, 3.63) is 68.7 Å². The molecule has 0 bridgehead atoms. The molecule has 0 aliphatic heterocycles. The van der Waals surface area contributed by atoms with Crippen molar-refractivity contribution in [3.63, 3.8) is 0 Å². The van der Waals surface area contributed by atoms with Crippen molar-refractivity contribution in [2.45, 2.75) is 52.9 Å². The normalized spacial score (nSPS) is 11.2. The average Bonchev–Trinajstić information content (AvgIpc) is 3.19. The highest BCUT2D eigenvalue weighted by molar-refractivity contribution is 7.17. The van der Waals surface area contributed by atoms with E-state index in [9.17, 15) is 9.90 Å². The Bertz CT molecular complexity index is 1080. The van der Waals surface area contributed by atoms with Gasteiger partial charge in [-0.2, -0.15) is 5.10 Å². The lowest BCUT2D eigenvalue weighted by atomic mass is 10.1. The summed E-state index contributed by atoms with van der Waals surface area (Å²) in [5.74, 6) is 0.00923. The molecule has 3 aromatic rings.